The lowest BCUT2D eigenvalue weighted by Crippen LogP contribution is -2.52. The molecule has 1 atom stereocenters. The molecule has 0 aromatic heterocycles. The Labute approximate surface area is 243 Å². The van der Waals surface area contributed by atoms with Gasteiger partial charge in [0.2, 0.25) is 11.8 Å². The van der Waals surface area contributed by atoms with Crippen molar-refractivity contribution in [2.75, 3.05) is 17.4 Å². The molecule has 0 aliphatic heterocycles. The predicted molar refractivity (Wildman–Crippen MR) is 161 cm³/mol. The Morgan fingerprint density at radius 3 is 2.25 bits per heavy atom. The van der Waals surface area contributed by atoms with Gasteiger partial charge in [0, 0.05) is 18.1 Å². The number of carbonyl (C=O) groups is 2. The van der Waals surface area contributed by atoms with Gasteiger partial charge < -0.3 is 10.2 Å². The lowest BCUT2D eigenvalue weighted by molar-refractivity contribution is -0.140. The number of nitrogens with one attached hydrogen (secondary N) is 1. The molecular weight excluding hydrogens is 546 g/mol. The molecule has 7 nitrogen and oxygen atoms in total. The highest BCUT2D eigenvalue weighted by molar-refractivity contribution is 7.92. The molecule has 0 radical (unpaired) electrons. The van der Waals surface area contributed by atoms with E-state index in [0.29, 0.717) is 29.2 Å². The molecular formula is C31H38ClN3O4S. The minimum absolute atomic E-state index is 0.0598. The van der Waals surface area contributed by atoms with Crippen molar-refractivity contribution in [1.29, 1.82) is 0 Å². The fourth-order valence-electron chi connectivity index (χ4n) is 4.47. The van der Waals surface area contributed by atoms with Crippen molar-refractivity contribution in [2.45, 2.75) is 64.4 Å². The average molecular weight is 584 g/mol. The number of sulfonamides is 1. The van der Waals surface area contributed by atoms with E-state index in [-0.39, 0.29) is 17.3 Å². The van der Waals surface area contributed by atoms with E-state index in [1.165, 1.54) is 17.0 Å². The van der Waals surface area contributed by atoms with Gasteiger partial charge in [-0.25, -0.2) is 8.42 Å². The van der Waals surface area contributed by atoms with Crippen LogP contribution in [0.5, 0.6) is 0 Å². The van der Waals surface area contributed by atoms with Gasteiger partial charge in [-0.3, -0.25) is 13.9 Å². The molecule has 2 amide bonds. The number of hydrogen-bond acceptors (Lipinski definition) is 4. The zero-order chi connectivity index (χ0) is 29.3. The maximum Gasteiger partial charge on any atom is 0.264 e. The lowest BCUT2D eigenvalue weighted by atomic mass is 10.1. The zero-order valence-corrected chi connectivity index (χ0v) is 25.1. The van der Waals surface area contributed by atoms with Gasteiger partial charge in [0.1, 0.15) is 12.6 Å². The molecule has 0 aliphatic rings. The number of halogens is 1. The van der Waals surface area contributed by atoms with Crippen molar-refractivity contribution in [1.82, 2.24) is 10.2 Å². The van der Waals surface area contributed by atoms with Gasteiger partial charge in [-0.2, -0.15) is 0 Å². The topological polar surface area (TPSA) is 86.8 Å². The molecule has 0 fully saturated rings. The number of unbranched alkanes of at least 4 members (excludes halogenated alkanes) is 1. The van der Waals surface area contributed by atoms with Gasteiger partial charge in [0.05, 0.1) is 10.6 Å². The molecule has 3 aromatic rings. The Kier molecular flexibility index (Phi) is 11.2. The van der Waals surface area contributed by atoms with Crippen molar-refractivity contribution >= 4 is 39.1 Å². The second kappa shape index (κ2) is 14.3. The Bertz CT molecular complexity index is 1410. The number of carbonyl (C=O) groups excluding carboxylic acids is 2. The highest BCUT2D eigenvalue weighted by Gasteiger charge is 2.34. The third kappa shape index (κ3) is 7.43. The first-order valence-electron chi connectivity index (χ1n) is 13.6. The first kappa shape index (κ1) is 31.2. The standard InChI is InChI=1S/C31H38ClN3O4S/c1-5-7-20-33-31(37)28(6-2)34(21-25-15-11-12-18-27(25)32)30(36)22-35(29-19-13-14-23(3)24(29)4)40(38,39)26-16-9-8-10-17-26/h8-19,28H,5-7,20-22H2,1-4H3,(H,33,37)/t28-/m0/s1. The molecule has 0 saturated carbocycles. The monoisotopic (exact) mass is 583 g/mol. The quantitative estimate of drug-likeness (QED) is 0.255. The number of amides is 2. The van der Waals surface area contributed by atoms with Crippen molar-refractivity contribution in [3.05, 3.63) is 94.5 Å². The summed E-state index contributed by atoms with van der Waals surface area (Å²) < 4.78 is 29.1. The summed E-state index contributed by atoms with van der Waals surface area (Å²) in [6.45, 7) is 7.67. The van der Waals surface area contributed by atoms with Crippen molar-refractivity contribution in [2.24, 2.45) is 0 Å². The zero-order valence-electron chi connectivity index (χ0n) is 23.6. The maximum atomic E-state index is 14.1. The van der Waals surface area contributed by atoms with Crippen LogP contribution < -0.4 is 9.62 Å². The van der Waals surface area contributed by atoms with Crippen LogP contribution in [0.2, 0.25) is 5.02 Å². The van der Waals surface area contributed by atoms with Gasteiger partial charge in [-0.15, -0.1) is 0 Å². The Balaban J connectivity index is 2.08. The van der Waals surface area contributed by atoms with Gasteiger partial charge in [-0.05, 0) is 67.6 Å². The van der Waals surface area contributed by atoms with Gasteiger partial charge in [-0.1, -0.05) is 80.4 Å². The smallest absolute Gasteiger partial charge is 0.264 e. The minimum Gasteiger partial charge on any atom is -0.354 e. The van der Waals surface area contributed by atoms with Crippen LogP contribution in [0.25, 0.3) is 0 Å². The summed E-state index contributed by atoms with van der Waals surface area (Å²) in [6.07, 6.45) is 2.08. The molecule has 9 heteroatoms. The van der Waals surface area contributed by atoms with Crippen LogP contribution >= 0.6 is 11.6 Å². The third-order valence-electron chi connectivity index (χ3n) is 6.97. The third-order valence-corrected chi connectivity index (χ3v) is 9.11. The number of nitrogens with zero attached hydrogens (tertiary/aromatic N) is 2. The molecule has 1 N–H and O–H groups in total. The molecule has 0 saturated heterocycles. The summed E-state index contributed by atoms with van der Waals surface area (Å²) in [5, 5.41) is 3.39. The highest BCUT2D eigenvalue weighted by atomic mass is 35.5. The average Bonchev–Trinajstić information content (AvgIpc) is 2.94. The van der Waals surface area contributed by atoms with E-state index in [1.807, 2.05) is 39.8 Å². The SMILES string of the molecule is CCCCNC(=O)[C@H](CC)N(Cc1ccccc1Cl)C(=O)CN(c1cccc(C)c1C)S(=O)(=O)c1ccccc1. The molecule has 40 heavy (non-hydrogen) atoms. The Morgan fingerprint density at radius 1 is 0.925 bits per heavy atom. The predicted octanol–water partition coefficient (Wildman–Crippen LogP) is 5.88. The first-order valence-corrected chi connectivity index (χ1v) is 15.4. The molecule has 3 rings (SSSR count). The van der Waals surface area contributed by atoms with Crippen LogP contribution in [-0.2, 0) is 26.2 Å². The largest absolute Gasteiger partial charge is 0.354 e. The van der Waals surface area contributed by atoms with E-state index < -0.39 is 28.5 Å². The second-order valence-corrected chi connectivity index (χ2v) is 12.0. The fourth-order valence-corrected chi connectivity index (χ4v) is 6.16. The van der Waals surface area contributed by atoms with Crippen LogP contribution in [-0.4, -0.2) is 44.3 Å². The maximum absolute atomic E-state index is 14.1. The molecule has 0 spiro atoms. The summed E-state index contributed by atoms with van der Waals surface area (Å²) in [4.78, 5) is 28.9. The van der Waals surface area contributed by atoms with E-state index in [1.54, 1.807) is 48.5 Å². The van der Waals surface area contributed by atoms with E-state index in [9.17, 15) is 18.0 Å². The van der Waals surface area contributed by atoms with Gasteiger partial charge >= 0.3 is 0 Å². The minimum atomic E-state index is -4.11. The summed E-state index contributed by atoms with van der Waals surface area (Å²) in [7, 11) is -4.11. The molecule has 0 aliphatic carbocycles. The van der Waals surface area contributed by atoms with E-state index in [4.69, 9.17) is 11.6 Å². The van der Waals surface area contributed by atoms with E-state index in [2.05, 4.69) is 5.32 Å². The molecule has 0 heterocycles. The van der Waals surface area contributed by atoms with Crippen molar-refractivity contribution < 1.29 is 18.0 Å². The molecule has 214 valence electrons. The number of rotatable bonds is 13. The van der Waals surface area contributed by atoms with Gasteiger partial charge in [0.25, 0.3) is 10.0 Å². The van der Waals surface area contributed by atoms with E-state index >= 15 is 0 Å². The van der Waals surface area contributed by atoms with Crippen LogP contribution in [0.1, 0.15) is 49.8 Å². The fraction of sp³-hybridized carbons (Fsp3) is 0.355. The van der Waals surface area contributed by atoms with Crippen LogP contribution in [0.15, 0.2) is 77.7 Å². The first-order chi connectivity index (χ1) is 19.1. The summed E-state index contributed by atoms with van der Waals surface area (Å²) in [5.74, 6) is -0.779. The summed E-state index contributed by atoms with van der Waals surface area (Å²) >= 11 is 6.45. The van der Waals surface area contributed by atoms with Gasteiger partial charge in [0.15, 0.2) is 0 Å². The lowest BCUT2D eigenvalue weighted by Gasteiger charge is -2.34. The van der Waals surface area contributed by atoms with E-state index in [0.717, 1.165) is 28.3 Å². The normalized spacial score (nSPS) is 12.0. The number of benzene rings is 3. The summed E-state index contributed by atoms with van der Waals surface area (Å²) in [5.41, 5.74) is 2.72. The Morgan fingerprint density at radius 2 is 1.60 bits per heavy atom. The number of hydrogen-bond donors (Lipinski definition) is 1. The number of anilines is 1. The second-order valence-electron chi connectivity index (χ2n) is 9.73. The highest BCUT2D eigenvalue weighted by Crippen LogP contribution is 2.29. The molecule has 0 unspecified atom stereocenters. The van der Waals surface area contributed by atoms with Crippen molar-refractivity contribution in [3.8, 4) is 0 Å². The number of aryl methyl sites for hydroxylation is 1. The van der Waals surface area contributed by atoms with Crippen molar-refractivity contribution in [3.63, 3.8) is 0 Å². The van der Waals surface area contributed by atoms with Crippen LogP contribution in [0, 0.1) is 13.8 Å². The summed E-state index contributed by atoms with van der Waals surface area (Å²) in [6, 6.07) is 19.7. The van der Waals surface area contributed by atoms with Crippen LogP contribution in [0.4, 0.5) is 5.69 Å². The van der Waals surface area contributed by atoms with Crippen LogP contribution in [0.3, 0.4) is 0 Å². The molecule has 0 bridgehead atoms. The Hall–Kier alpha value is -3.36. The molecule has 3 aromatic carbocycles.